The number of fused-ring (bicyclic) bond motifs is 6. The predicted octanol–water partition coefficient (Wildman–Crippen LogP) is 4.28. The lowest BCUT2D eigenvalue weighted by molar-refractivity contribution is -0.348. The van der Waals surface area contributed by atoms with Gasteiger partial charge in [0, 0.05) is 48.7 Å². The first-order chi connectivity index (χ1) is 27.1. The van der Waals surface area contributed by atoms with Crippen molar-refractivity contribution in [1.29, 1.82) is 0 Å². The number of ether oxygens (including phenoxy) is 6. The molecule has 4 heterocycles. The van der Waals surface area contributed by atoms with Crippen molar-refractivity contribution in [2.45, 2.75) is 191 Å². The van der Waals surface area contributed by atoms with Gasteiger partial charge in [-0.2, -0.15) is 0 Å². The van der Waals surface area contributed by atoms with E-state index >= 15 is 0 Å². The standard InChI is InChI=1S/C43H70O15Si/c1-25(58-59(11,12)39(2,3)4)33-22-30-18-27(19-36(47)53-10)38(49)43(51,57-30)40(5,6)14-13-29-15-26(17-35(46)52-9)16-32(54-29)24-42(50)41(7,8)34(45)23-31(56-42)20-28(44)21-37(48)55-33/h13-14,17,19,25,28-34,38,44-45,49-51H,15-16,18,20-24H2,1-12H3/b14-13+,26-17+,27-19+/t25-,28-,29+,30+,31-,32+,33-,34+,38+,42+,43-/m1/s1. The summed E-state index contributed by atoms with van der Waals surface area (Å²) in [5.41, 5.74) is -1.81. The van der Waals surface area contributed by atoms with Gasteiger partial charge in [0.2, 0.25) is 5.79 Å². The Morgan fingerprint density at radius 3 is 2.12 bits per heavy atom. The molecule has 0 radical (unpaired) electrons. The molecule has 0 spiro atoms. The summed E-state index contributed by atoms with van der Waals surface area (Å²) in [5.74, 6) is -6.41. The van der Waals surface area contributed by atoms with E-state index in [4.69, 9.17) is 32.8 Å². The van der Waals surface area contributed by atoms with E-state index < -0.39 is 110 Å². The maximum Gasteiger partial charge on any atom is 0.330 e. The van der Waals surface area contributed by atoms with Crippen LogP contribution in [-0.4, -0.2) is 132 Å². The number of carbonyl (C=O) groups is 3. The fourth-order valence-corrected chi connectivity index (χ4v) is 9.58. The van der Waals surface area contributed by atoms with Crippen LogP contribution >= 0.6 is 0 Å². The summed E-state index contributed by atoms with van der Waals surface area (Å²) >= 11 is 0. The largest absolute Gasteiger partial charge is 0.466 e. The van der Waals surface area contributed by atoms with Crippen LogP contribution in [0.1, 0.15) is 107 Å². The third-order valence-electron chi connectivity index (χ3n) is 13.2. The number of aliphatic hydroxyl groups excluding tert-OH is 3. The highest BCUT2D eigenvalue weighted by Crippen LogP contribution is 2.49. The fourth-order valence-electron chi connectivity index (χ4n) is 8.14. The van der Waals surface area contributed by atoms with Gasteiger partial charge in [-0.3, -0.25) is 4.79 Å². The maximum atomic E-state index is 13.7. The van der Waals surface area contributed by atoms with Crippen LogP contribution in [-0.2, 0) is 47.2 Å². The first-order valence-electron chi connectivity index (χ1n) is 20.7. The number of hydrogen-bond donors (Lipinski definition) is 5. The number of hydrogen-bond acceptors (Lipinski definition) is 15. The van der Waals surface area contributed by atoms with Crippen molar-refractivity contribution in [2.24, 2.45) is 10.8 Å². The summed E-state index contributed by atoms with van der Waals surface area (Å²) < 4.78 is 41.9. The van der Waals surface area contributed by atoms with Crippen LogP contribution in [0.25, 0.3) is 0 Å². The molecule has 3 saturated heterocycles. The summed E-state index contributed by atoms with van der Waals surface area (Å²) in [7, 11) is 0.0179. The molecular formula is C43H70O15Si. The lowest BCUT2D eigenvalue weighted by Gasteiger charge is -2.53. The SMILES string of the molecule is COC(=O)/C=C1/C[C@H]2C[C@]3(O)O[C@H](C[C@@H](O)CC(=O)O[C@@H]([C@@H](C)O[Si](C)(C)C(C)(C)C)C[C@@H]4C/C(=C\C(=O)OC)[C@H](O)[C@@](O)(O4)C(C)(C)/C=C/[C@@H](C1)O2)C[C@H](O)C3(C)C. The summed E-state index contributed by atoms with van der Waals surface area (Å²) in [4.78, 5) is 38.8. The predicted molar refractivity (Wildman–Crippen MR) is 218 cm³/mol. The van der Waals surface area contributed by atoms with Gasteiger partial charge in [-0.05, 0) is 49.9 Å². The average Bonchev–Trinajstić information content (AvgIpc) is 3.10. The number of rotatable bonds is 5. The molecule has 59 heavy (non-hydrogen) atoms. The van der Waals surface area contributed by atoms with E-state index in [9.17, 15) is 39.9 Å². The third kappa shape index (κ3) is 11.3. The number of methoxy groups -OCH3 is 2. The van der Waals surface area contributed by atoms with Crippen LogP contribution in [0.5, 0.6) is 0 Å². The van der Waals surface area contributed by atoms with E-state index in [1.54, 1.807) is 46.8 Å². The molecule has 0 aromatic heterocycles. The molecular weight excluding hydrogens is 785 g/mol. The monoisotopic (exact) mass is 854 g/mol. The number of cyclic esters (lactones) is 1. The van der Waals surface area contributed by atoms with Gasteiger partial charge in [-0.1, -0.05) is 66.2 Å². The Kier molecular flexibility index (Phi) is 15.4. The highest BCUT2D eigenvalue weighted by molar-refractivity contribution is 6.74. The number of esters is 3. The van der Waals surface area contributed by atoms with Gasteiger partial charge in [-0.15, -0.1) is 0 Å². The van der Waals surface area contributed by atoms with E-state index in [2.05, 4.69) is 33.9 Å². The first-order valence-corrected chi connectivity index (χ1v) is 23.6. The maximum absolute atomic E-state index is 13.7. The fraction of sp³-hybridized carbons (Fsp3) is 0.791. The molecule has 0 aromatic carbocycles. The zero-order chi connectivity index (χ0) is 44.5. The second-order valence-electron chi connectivity index (χ2n) is 19.5. The van der Waals surface area contributed by atoms with Crippen molar-refractivity contribution in [2.75, 3.05) is 14.2 Å². The molecule has 336 valence electrons. The average molecular weight is 855 g/mol. The molecule has 4 aliphatic rings. The minimum absolute atomic E-state index is 0.0277. The molecule has 15 nitrogen and oxygen atoms in total. The zero-order valence-corrected chi connectivity index (χ0v) is 38.0. The Hall–Kier alpha value is -2.51. The Morgan fingerprint density at radius 1 is 0.881 bits per heavy atom. The van der Waals surface area contributed by atoms with Crippen LogP contribution in [0.15, 0.2) is 35.5 Å². The highest BCUT2D eigenvalue weighted by Gasteiger charge is 2.57. The molecule has 3 fully saturated rings. The Balaban J connectivity index is 1.85. The summed E-state index contributed by atoms with van der Waals surface area (Å²) in [5, 5.41) is 58.9. The van der Waals surface area contributed by atoms with Crippen LogP contribution in [0, 0.1) is 10.8 Å². The van der Waals surface area contributed by atoms with Gasteiger partial charge in [-0.25, -0.2) is 9.59 Å². The zero-order valence-electron chi connectivity index (χ0n) is 37.0. The van der Waals surface area contributed by atoms with Crippen LogP contribution in [0.3, 0.4) is 0 Å². The summed E-state index contributed by atoms with van der Waals surface area (Å²) in [6, 6.07) is 0. The van der Waals surface area contributed by atoms with Gasteiger partial charge in [0.25, 0.3) is 0 Å². The van der Waals surface area contributed by atoms with Crippen molar-refractivity contribution >= 4 is 26.2 Å². The molecule has 6 bridgehead atoms. The molecule has 0 unspecified atom stereocenters. The molecule has 4 aliphatic heterocycles. The Labute approximate surface area is 350 Å². The topological polar surface area (TPSA) is 217 Å². The van der Waals surface area contributed by atoms with E-state index in [1.807, 2.05) is 0 Å². The third-order valence-corrected chi connectivity index (χ3v) is 17.8. The molecule has 0 aromatic rings. The lowest BCUT2D eigenvalue weighted by atomic mass is 9.70. The molecule has 16 heteroatoms. The van der Waals surface area contributed by atoms with Gasteiger partial charge >= 0.3 is 17.9 Å². The minimum atomic E-state index is -2.45. The Morgan fingerprint density at radius 2 is 1.51 bits per heavy atom. The van der Waals surface area contributed by atoms with Crippen molar-refractivity contribution < 1.29 is 72.8 Å². The van der Waals surface area contributed by atoms with Crippen molar-refractivity contribution in [3.05, 3.63) is 35.5 Å². The van der Waals surface area contributed by atoms with Crippen LogP contribution in [0.2, 0.25) is 18.1 Å². The van der Waals surface area contributed by atoms with Gasteiger partial charge in [0.1, 0.15) is 12.2 Å². The highest BCUT2D eigenvalue weighted by atomic mass is 28.4. The van der Waals surface area contributed by atoms with Gasteiger partial charge in [0.05, 0.1) is 63.4 Å². The molecule has 11 atom stereocenters. The van der Waals surface area contributed by atoms with Gasteiger partial charge in [0.15, 0.2) is 14.1 Å². The van der Waals surface area contributed by atoms with Crippen molar-refractivity contribution in [3.63, 3.8) is 0 Å². The second-order valence-corrected chi connectivity index (χ2v) is 24.3. The Bertz CT molecular complexity index is 1610. The van der Waals surface area contributed by atoms with Crippen molar-refractivity contribution in [3.8, 4) is 0 Å². The molecule has 0 amide bonds. The first kappa shape index (κ1) is 49.1. The smallest absolute Gasteiger partial charge is 0.330 e. The number of carbonyl (C=O) groups excluding carboxylic acids is 3. The molecule has 0 aliphatic carbocycles. The van der Waals surface area contributed by atoms with E-state index in [1.165, 1.54) is 20.3 Å². The van der Waals surface area contributed by atoms with Crippen LogP contribution < -0.4 is 0 Å². The minimum Gasteiger partial charge on any atom is -0.466 e. The van der Waals surface area contributed by atoms with Crippen molar-refractivity contribution in [1.82, 2.24) is 0 Å². The van der Waals surface area contributed by atoms with E-state index in [-0.39, 0.29) is 55.6 Å². The molecule has 4 rings (SSSR count). The summed E-state index contributed by atoms with van der Waals surface area (Å²) in [6.45, 7) is 18.8. The van der Waals surface area contributed by atoms with Gasteiger partial charge < -0.3 is 58.4 Å². The van der Waals surface area contributed by atoms with E-state index in [0.717, 1.165) is 6.08 Å². The normalized spacial score (nSPS) is 38.4. The second kappa shape index (κ2) is 18.5. The van der Waals surface area contributed by atoms with E-state index in [0.29, 0.717) is 5.57 Å². The molecule has 5 N–H and O–H groups in total. The van der Waals surface area contributed by atoms with Crippen LogP contribution in [0.4, 0.5) is 0 Å². The lowest BCUT2D eigenvalue weighted by Crippen LogP contribution is -2.61. The molecule has 0 saturated carbocycles. The quantitative estimate of drug-likeness (QED) is 0.0858. The summed E-state index contributed by atoms with van der Waals surface area (Å²) in [6.07, 6.45) is -3.35. The number of aliphatic hydroxyl groups is 5.